The largest absolute Gasteiger partial charge is 0.507 e. The Morgan fingerprint density at radius 1 is 1.26 bits per heavy atom. The second kappa shape index (κ2) is 8.85. The van der Waals surface area contributed by atoms with Crippen molar-refractivity contribution >= 4 is 5.91 Å². The summed E-state index contributed by atoms with van der Waals surface area (Å²) >= 11 is 0. The van der Waals surface area contributed by atoms with Crippen molar-refractivity contribution in [2.24, 2.45) is 5.92 Å². The summed E-state index contributed by atoms with van der Waals surface area (Å²) in [6.45, 7) is 10.9. The molecule has 0 radical (unpaired) electrons. The van der Waals surface area contributed by atoms with E-state index in [-0.39, 0.29) is 29.1 Å². The van der Waals surface area contributed by atoms with E-state index >= 15 is 0 Å². The number of fused-ring (bicyclic) bond motifs is 3. The van der Waals surface area contributed by atoms with Gasteiger partial charge in [-0.2, -0.15) is 0 Å². The average Bonchev–Trinajstić information content (AvgIpc) is 2.73. The summed E-state index contributed by atoms with van der Waals surface area (Å²) < 4.78 is 11.9. The highest BCUT2D eigenvalue weighted by Gasteiger charge is 2.46. The second-order valence-electron chi connectivity index (χ2n) is 9.92. The highest BCUT2D eigenvalue weighted by molar-refractivity contribution is 5.99. The molecule has 31 heavy (non-hydrogen) atoms. The maximum absolute atomic E-state index is 13.6. The number of aromatic hydroxyl groups is 1. The maximum Gasteiger partial charge on any atom is 0.258 e. The first-order valence-corrected chi connectivity index (χ1v) is 12.0. The van der Waals surface area contributed by atoms with Crippen LogP contribution >= 0.6 is 0 Å². The first-order chi connectivity index (χ1) is 14.8. The fraction of sp³-hybridized carbons (Fsp3) is 0.654. The van der Waals surface area contributed by atoms with Crippen LogP contribution in [0.1, 0.15) is 87.2 Å². The van der Waals surface area contributed by atoms with Crippen molar-refractivity contribution in [3.8, 4) is 11.5 Å². The molecule has 1 aliphatic carbocycles. The minimum atomic E-state index is -0.308. The van der Waals surface area contributed by atoms with E-state index in [0.29, 0.717) is 31.9 Å². The van der Waals surface area contributed by atoms with E-state index in [1.165, 1.54) is 5.57 Å². The van der Waals surface area contributed by atoms with Gasteiger partial charge in [0.1, 0.15) is 17.1 Å². The summed E-state index contributed by atoms with van der Waals surface area (Å²) in [5, 5.41) is 11.6. The lowest BCUT2D eigenvalue weighted by Gasteiger charge is -2.46. The number of morpholine rings is 1. The molecule has 5 nitrogen and oxygen atoms in total. The molecule has 5 heteroatoms. The number of hydrogen-bond donors (Lipinski definition) is 1. The Kier molecular flexibility index (Phi) is 6.34. The molecule has 170 valence electrons. The fourth-order valence-electron chi connectivity index (χ4n) is 5.54. The Hall–Kier alpha value is -2.01. The second-order valence-corrected chi connectivity index (χ2v) is 9.92. The number of carbonyl (C=O) groups excluding carboxylic acids is 1. The standard InChI is InChI=1S/C26H37NO4/c1-5-6-7-8-18-16-21-23(19-15-17(2)9-10-20(19)26(3,4)31-21)24(28)22(18)25(29)27-11-13-30-14-12-27/h15-16,19-20,28H,5-14H2,1-4H3/t19-,20-/m1/s1. The van der Waals surface area contributed by atoms with Crippen LogP contribution in [0, 0.1) is 5.92 Å². The van der Waals surface area contributed by atoms with Gasteiger partial charge in [-0.3, -0.25) is 4.79 Å². The number of benzene rings is 1. The van der Waals surface area contributed by atoms with Gasteiger partial charge in [-0.05, 0) is 58.1 Å². The van der Waals surface area contributed by atoms with Crippen LogP contribution in [0.4, 0.5) is 0 Å². The van der Waals surface area contributed by atoms with Crippen LogP contribution in [0.3, 0.4) is 0 Å². The zero-order chi connectivity index (χ0) is 22.2. The molecule has 4 rings (SSSR count). The Balaban J connectivity index is 1.83. The summed E-state index contributed by atoms with van der Waals surface area (Å²) in [6, 6.07) is 2.05. The molecule has 0 saturated carbocycles. The molecule has 2 aliphatic heterocycles. The van der Waals surface area contributed by atoms with Gasteiger partial charge in [0.05, 0.1) is 18.8 Å². The van der Waals surface area contributed by atoms with Gasteiger partial charge >= 0.3 is 0 Å². The smallest absolute Gasteiger partial charge is 0.258 e. The number of ether oxygens (including phenoxy) is 2. The van der Waals surface area contributed by atoms with Crippen molar-refractivity contribution in [3.05, 3.63) is 34.4 Å². The minimum absolute atomic E-state index is 0.0759. The lowest BCUT2D eigenvalue weighted by Crippen LogP contribution is -2.45. The van der Waals surface area contributed by atoms with Crippen LogP contribution in [0.15, 0.2) is 17.7 Å². The maximum atomic E-state index is 13.6. The third kappa shape index (κ3) is 4.21. The van der Waals surface area contributed by atoms with Crippen molar-refractivity contribution < 1.29 is 19.4 Å². The van der Waals surface area contributed by atoms with Crippen LogP contribution in [0.5, 0.6) is 11.5 Å². The van der Waals surface area contributed by atoms with Crippen LogP contribution in [0.25, 0.3) is 0 Å². The predicted octanol–water partition coefficient (Wildman–Crippen LogP) is 5.21. The molecule has 1 saturated heterocycles. The number of carbonyl (C=O) groups is 1. The summed E-state index contributed by atoms with van der Waals surface area (Å²) in [6.07, 6.45) is 8.35. The van der Waals surface area contributed by atoms with E-state index in [0.717, 1.165) is 55.4 Å². The summed E-state index contributed by atoms with van der Waals surface area (Å²) in [5.74, 6) is 1.17. The van der Waals surface area contributed by atoms with Gasteiger partial charge in [0, 0.05) is 30.5 Å². The number of rotatable bonds is 5. The zero-order valence-corrected chi connectivity index (χ0v) is 19.5. The number of hydrogen-bond acceptors (Lipinski definition) is 4. The number of allylic oxidation sites excluding steroid dienone is 2. The molecule has 0 spiro atoms. The normalized spacial score (nSPS) is 24.6. The third-order valence-electron chi connectivity index (χ3n) is 7.29. The molecule has 1 aromatic rings. The van der Waals surface area contributed by atoms with E-state index in [9.17, 15) is 9.90 Å². The van der Waals surface area contributed by atoms with Gasteiger partial charge < -0.3 is 19.5 Å². The van der Waals surface area contributed by atoms with Crippen molar-refractivity contribution in [2.75, 3.05) is 26.3 Å². The number of nitrogens with zero attached hydrogens (tertiary/aromatic N) is 1. The van der Waals surface area contributed by atoms with Crippen molar-refractivity contribution in [3.63, 3.8) is 0 Å². The third-order valence-corrected chi connectivity index (χ3v) is 7.29. The monoisotopic (exact) mass is 427 g/mol. The molecule has 0 bridgehead atoms. The number of phenolic OH excluding ortho intramolecular Hbond substituents is 1. The van der Waals surface area contributed by atoms with Gasteiger partial charge in [0.15, 0.2) is 0 Å². The molecular weight excluding hydrogens is 390 g/mol. The highest BCUT2D eigenvalue weighted by atomic mass is 16.5. The van der Waals surface area contributed by atoms with Gasteiger partial charge in [-0.25, -0.2) is 0 Å². The van der Waals surface area contributed by atoms with Crippen molar-refractivity contribution in [2.45, 2.75) is 77.7 Å². The SMILES string of the molecule is CCCCCc1cc2c(c(O)c1C(=O)N1CCOCC1)[C@@H]1C=C(C)CC[C@H]1C(C)(C)O2. The van der Waals surface area contributed by atoms with E-state index in [1.54, 1.807) is 0 Å². The Morgan fingerprint density at radius 2 is 2.00 bits per heavy atom. The molecular formula is C26H37NO4. The predicted molar refractivity (Wildman–Crippen MR) is 122 cm³/mol. The van der Waals surface area contributed by atoms with Crippen LogP contribution in [-0.2, 0) is 11.2 Å². The summed E-state index contributed by atoms with van der Waals surface area (Å²) in [5.41, 5.74) is 3.23. The zero-order valence-electron chi connectivity index (χ0n) is 19.5. The molecule has 1 aromatic carbocycles. The average molecular weight is 428 g/mol. The molecule has 2 heterocycles. The molecule has 0 unspecified atom stereocenters. The number of phenols is 1. The van der Waals surface area contributed by atoms with Crippen LogP contribution in [0.2, 0.25) is 0 Å². The molecule has 0 aromatic heterocycles. The highest BCUT2D eigenvalue weighted by Crippen LogP contribution is 2.54. The first kappa shape index (κ1) is 22.2. The summed E-state index contributed by atoms with van der Waals surface area (Å²) in [4.78, 5) is 15.4. The first-order valence-electron chi connectivity index (χ1n) is 12.0. The Bertz CT molecular complexity index is 867. The number of amides is 1. The molecule has 3 aliphatic rings. The van der Waals surface area contributed by atoms with Gasteiger partial charge in [0.2, 0.25) is 0 Å². The van der Waals surface area contributed by atoms with Crippen LogP contribution < -0.4 is 4.74 Å². The van der Waals surface area contributed by atoms with Crippen molar-refractivity contribution in [1.29, 1.82) is 0 Å². The summed E-state index contributed by atoms with van der Waals surface area (Å²) in [7, 11) is 0. The van der Waals surface area contributed by atoms with E-state index < -0.39 is 0 Å². The Labute approximate surface area is 186 Å². The molecule has 2 atom stereocenters. The lowest BCUT2D eigenvalue weighted by atomic mass is 9.67. The van der Waals surface area contributed by atoms with E-state index in [4.69, 9.17) is 9.47 Å². The molecule has 1 N–H and O–H groups in total. The number of aryl methyl sites for hydroxylation is 1. The van der Waals surface area contributed by atoms with Crippen LogP contribution in [-0.4, -0.2) is 47.8 Å². The van der Waals surface area contributed by atoms with Crippen molar-refractivity contribution in [1.82, 2.24) is 4.90 Å². The quantitative estimate of drug-likeness (QED) is 0.518. The molecule has 1 amide bonds. The lowest BCUT2D eigenvalue weighted by molar-refractivity contribution is 0.0105. The topological polar surface area (TPSA) is 59.0 Å². The van der Waals surface area contributed by atoms with E-state index in [1.807, 2.05) is 11.0 Å². The fourth-order valence-corrected chi connectivity index (χ4v) is 5.54. The molecule has 1 fully saturated rings. The number of unbranched alkanes of at least 4 members (excludes halogenated alkanes) is 2. The minimum Gasteiger partial charge on any atom is -0.507 e. The Morgan fingerprint density at radius 3 is 2.71 bits per heavy atom. The van der Waals surface area contributed by atoms with Gasteiger partial charge in [-0.15, -0.1) is 0 Å². The van der Waals surface area contributed by atoms with Gasteiger partial charge in [0.25, 0.3) is 5.91 Å². The van der Waals surface area contributed by atoms with E-state index in [2.05, 4.69) is 33.8 Å². The van der Waals surface area contributed by atoms with Gasteiger partial charge in [-0.1, -0.05) is 31.4 Å².